The number of anilines is 1. The van der Waals surface area contributed by atoms with Gasteiger partial charge in [-0.25, -0.2) is 17.9 Å². The van der Waals surface area contributed by atoms with E-state index in [0.717, 1.165) is 6.20 Å². The van der Waals surface area contributed by atoms with Gasteiger partial charge >= 0.3 is 0 Å². The Morgan fingerprint density at radius 2 is 2.05 bits per heavy atom. The number of rotatable bonds is 4. The zero-order chi connectivity index (χ0) is 15.6. The largest absolute Gasteiger partial charge is 0.376 e. The number of nitrogens with zero attached hydrogens (tertiary/aromatic N) is 1. The second kappa shape index (κ2) is 6.08. The van der Waals surface area contributed by atoms with Crippen LogP contribution in [0.4, 0.5) is 10.1 Å². The third-order valence-corrected chi connectivity index (χ3v) is 4.40. The minimum Gasteiger partial charge on any atom is -0.376 e. The molecule has 0 radical (unpaired) electrons. The highest BCUT2D eigenvalue weighted by Gasteiger charge is 2.13. The van der Waals surface area contributed by atoms with Crippen molar-refractivity contribution >= 4 is 31.6 Å². The molecular formula is C13H13BrFN3O2S. The number of sulfonamides is 1. The third kappa shape index (κ3) is 3.99. The Balaban J connectivity index is 2.22. The SMILES string of the molecule is CC(Nc1ccc(S(N)(=O)=O)cc1Br)c1ccc(F)cn1. The van der Waals surface area contributed by atoms with E-state index in [2.05, 4.69) is 26.2 Å². The van der Waals surface area contributed by atoms with Crippen molar-refractivity contribution < 1.29 is 12.8 Å². The number of hydrogen-bond donors (Lipinski definition) is 2. The summed E-state index contributed by atoms with van der Waals surface area (Å²) >= 11 is 3.29. The average molecular weight is 374 g/mol. The smallest absolute Gasteiger partial charge is 0.238 e. The minimum absolute atomic E-state index is 0.0208. The summed E-state index contributed by atoms with van der Waals surface area (Å²) in [5, 5.41) is 8.22. The molecule has 1 aromatic carbocycles. The van der Waals surface area contributed by atoms with Gasteiger partial charge in [-0.15, -0.1) is 0 Å². The van der Waals surface area contributed by atoms with Gasteiger partial charge in [0.1, 0.15) is 5.82 Å². The van der Waals surface area contributed by atoms with Crippen molar-refractivity contribution in [1.29, 1.82) is 0 Å². The van der Waals surface area contributed by atoms with E-state index >= 15 is 0 Å². The number of aromatic nitrogens is 1. The molecule has 21 heavy (non-hydrogen) atoms. The normalized spacial score (nSPS) is 13.0. The van der Waals surface area contributed by atoms with Crippen LogP contribution in [0.3, 0.4) is 0 Å². The molecule has 0 spiro atoms. The number of benzene rings is 1. The number of primary sulfonamides is 1. The zero-order valence-electron chi connectivity index (χ0n) is 11.0. The van der Waals surface area contributed by atoms with Crippen LogP contribution in [0, 0.1) is 5.82 Å². The molecule has 0 bridgehead atoms. The van der Waals surface area contributed by atoms with Gasteiger partial charge in [-0.05, 0) is 53.2 Å². The fourth-order valence-electron chi connectivity index (χ4n) is 1.74. The van der Waals surface area contributed by atoms with Crippen LogP contribution in [0.25, 0.3) is 0 Å². The summed E-state index contributed by atoms with van der Waals surface area (Å²) in [6, 6.07) is 7.17. The number of hydrogen-bond acceptors (Lipinski definition) is 4. The Hall–Kier alpha value is -1.51. The predicted octanol–water partition coefficient (Wildman–Crippen LogP) is 2.80. The Kier molecular flexibility index (Phi) is 4.60. The van der Waals surface area contributed by atoms with Gasteiger partial charge in [-0.3, -0.25) is 4.98 Å². The van der Waals surface area contributed by atoms with Crippen LogP contribution in [0.2, 0.25) is 0 Å². The number of pyridine rings is 1. The molecule has 0 aliphatic rings. The van der Waals surface area contributed by atoms with Crippen molar-refractivity contribution in [3.63, 3.8) is 0 Å². The lowest BCUT2D eigenvalue weighted by Crippen LogP contribution is -2.13. The van der Waals surface area contributed by atoms with Gasteiger partial charge in [0, 0.05) is 10.2 Å². The van der Waals surface area contributed by atoms with Crippen LogP contribution < -0.4 is 10.5 Å². The molecule has 8 heteroatoms. The number of nitrogens with two attached hydrogens (primary N) is 1. The van der Waals surface area contributed by atoms with E-state index in [9.17, 15) is 12.8 Å². The lowest BCUT2D eigenvalue weighted by molar-refractivity contribution is 0.597. The first-order valence-corrected chi connectivity index (χ1v) is 8.31. The molecule has 1 heterocycles. The van der Waals surface area contributed by atoms with Crippen LogP contribution in [0.5, 0.6) is 0 Å². The summed E-state index contributed by atoms with van der Waals surface area (Å²) in [6.07, 6.45) is 1.15. The molecule has 2 aromatic rings. The fourth-order valence-corrected chi connectivity index (χ4v) is 2.93. The molecule has 112 valence electrons. The topological polar surface area (TPSA) is 85.1 Å². The summed E-state index contributed by atoms with van der Waals surface area (Å²) in [7, 11) is -3.74. The van der Waals surface area contributed by atoms with E-state index in [-0.39, 0.29) is 10.9 Å². The summed E-state index contributed by atoms with van der Waals surface area (Å²) in [5.41, 5.74) is 1.35. The highest BCUT2D eigenvalue weighted by molar-refractivity contribution is 9.10. The molecule has 1 aromatic heterocycles. The minimum atomic E-state index is -3.74. The van der Waals surface area contributed by atoms with E-state index in [4.69, 9.17) is 5.14 Å². The Morgan fingerprint density at radius 1 is 1.33 bits per heavy atom. The average Bonchev–Trinajstić information content (AvgIpc) is 2.40. The maximum Gasteiger partial charge on any atom is 0.238 e. The third-order valence-electron chi connectivity index (χ3n) is 2.84. The Morgan fingerprint density at radius 3 is 2.57 bits per heavy atom. The monoisotopic (exact) mass is 373 g/mol. The standard InChI is InChI=1S/C13H13BrFN3O2S/c1-8(12-4-2-9(15)7-17-12)18-13-5-3-10(6-11(13)14)21(16,19)20/h2-8,18H,1H3,(H2,16,19,20). The molecule has 1 unspecified atom stereocenters. The molecule has 2 rings (SSSR count). The van der Waals surface area contributed by atoms with Crippen LogP contribution in [0.15, 0.2) is 45.9 Å². The van der Waals surface area contributed by atoms with Crippen molar-refractivity contribution in [3.05, 3.63) is 52.5 Å². The van der Waals surface area contributed by atoms with Crippen LogP contribution in [0.1, 0.15) is 18.7 Å². The first-order valence-electron chi connectivity index (χ1n) is 5.98. The summed E-state index contributed by atoms with van der Waals surface area (Å²) in [4.78, 5) is 4.01. The maximum absolute atomic E-state index is 12.8. The lowest BCUT2D eigenvalue weighted by atomic mass is 10.2. The van der Waals surface area contributed by atoms with Crippen molar-refractivity contribution in [2.24, 2.45) is 5.14 Å². The van der Waals surface area contributed by atoms with Crippen molar-refractivity contribution in [2.75, 3.05) is 5.32 Å². The molecule has 0 saturated carbocycles. The summed E-state index contributed by atoms with van der Waals surface area (Å²) in [6.45, 7) is 1.86. The highest BCUT2D eigenvalue weighted by atomic mass is 79.9. The van der Waals surface area contributed by atoms with E-state index in [1.54, 1.807) is 12.1 Å². The van der Waals surface area contributed by atoms with Gasteiger partial charge in [0.05, 0.1) is 22.8 Å². The van der Waals surface area contributed by atoms with Gasteiger partial charge in [-0.2, -0.15) is 0 Å². The molecule has 0 aliphatic heterocycles. The van der Waals surface area contributed by atoms with Gasteiger partial charge in [0.2, 0.25) is 10.0 Å². The Labute approximate surface area is 130 Å². The highest BCUT2D eigenvalue weighted by Crippen LogP contribution is 2.28. The van der Waals surface area contributed by atoms with Crippen LogP contribution >= 0.6 is 15.9 Å². The number of halogens is 2. The molecular weight excluding hydrogens is 361 g/mol. The predicted molar refractivity (Wildman–Crippen MR) is 81.7 cm³/mol. The second-order valence-electron chi connectivity index (χ2n) is 4.45. The molecule has 0 aliphatic carbocycles. The fraction of sp³-hybridized carbons (Fsp3) is 0.154. The Bertz CT molecular complexity index is 751. The van der Waals surface area contributed by atoms with Gasteiger partial charge in [0.15, 0.2) is 0 Å². The van der Waals surface area contributed by atoms with Crippen molar-refractivity contribution in [2.45, 2.75) is 17.9 Å². The molecule has 0 saturated heterocycles. The second-order valence-corrected chi connectivity index (χ2v) is 6.87. The first-order chi connectivity index (χ1) is 9.77. The molecule has 1 atom stereocenters. The molecule has 0 fully saturated rings. The van der Waals surface area contributed by atoms with Gasteiger partial charge in [-0.1, -0.05) is 0 Å². The number of nitrogens with one attached hydrogen (secondary N) is 1. The van der Waals surface area contributed by atoms with Crippen LogP contribution in [-0.2, 0) is 10.0 Å². The summed E-state index contributed by atoms with van der Waals surface area (Å²) in [5.74, 6) is -0.398. The van der Waals surface area contributed by atoms with E-state index in [1.807, 2.05) is 6.92 Å². The summed E-state index contributed by atoms with van der Waals surface area (Å²) < 4.78 is 35.9. The van der Waals surface area contributed by atoms with Gasteiger partial charge in [0.25, 0.3) is 0 Å². The van der Waals surface area contributed by atoms with Gasteiger partial charge < -0.3 is 5.32 Å². The van der Waals surface area contributed by atoms with E-state index < -0.39 is 15.8 Å². The van der Waals surface area contributed by atoms with E-state index in [0.29, 0.717) is 15.9 Å². The van der Waals surface area contributed by atoms with Crippen LogP contribution in [-0.4, -0.2) is 13.4 Å². The quantitative estimate of drug-likeness (QED) is 0.862. The molecule has 0 amide bonds. The zero-order valence-corrected chi connectivity index (χ0v) is 13.4. The van der Waals surface area contributed by atoms with E-state index in [1.165, 1.54) is 18.2 Å². The van der Waals surface area contributed by atoms with Crippen molar-refractivity contribution in [3.8, 4) is 0 Å². The molecule has 5 nitrogen and oxygen atoms in total. The lowest BCUT2D eigenvalue weighted by Gasteiger charge is -2.16. The van der Waals surface area contributed by atoms with Crippen molar-refractivity contribution in [1.82, 2.24) is 4.98 Å². The maximum atomic E-state index is 12.8. The molecule has 3 N–H and O–H groups in total. The first kappa shape index (κ1) is 15.9.